The Kier molecular flexibility index (Phi) is 5.43. The third kappa shape index (κ3) is 4.12. The van der Waals surface area contributed by atoms with E-state index in [0.717, 1.165) is 25.0 Å². The average Bonchev–Trinajstić information content (AvgIpc) is 2.60. The molecule has 1 fully saturated rings. The molecule has 3 heterocycles. The summed E-state index contributed by atoms with van der Waals surface area (Å²) in [7, 11) is 0. The van der Waals surface area contributed by atoms with E-state index in [1.54, 1.807) is 0 Å². The largest absolute Gasteiger partial charge is 0.419 e. The molecule has 26 heavy (non-hydrogen) atoms. The highest BCUT2D eigenvalue weighted by atomic mass is 35.5. The molecule has 2 aliphatic rings. The molecule has 1 aromatic rings. The summed E-state index contributed by atoms with van der Waals surface area (Å²) in [6, 6.07) is 1.33. The topological polar surface area (TPSA) is 46.2 Å². The van der Waals surface area contributed by atoms with Crippen molar-refractivity contribution in [2.45, 2.75) is 24.8 Å². The van der Waals surface area contributed by atoms with E-state index < -0.39 is 23.4 Å². The highest BCUT2D eigenvalue weighted by Crippen LogP contribution is 2.38. The second-order valence-corrected chi connectivity index (χ2v) is 6.66. The van der Waals surface area contributed by atoms with Gasteiger partial charge >= 0.3 is 6.18 Å². The smallest absolute Gasteiger partial charge is 0.381 e. The van der Waals surface area contributed by atoms with Gasteiger partial charge < -0.3 is 15.4 Å². The van der Waals surface area contributed by atoms with Crippen molar-refractivity contribution in [3.63, 3.8) is 0 Å². The number of halogens is 5. The molecule has 1 aromatic heterocycles. The first-order chi connectivity index (χ1) is 12.3. The maximum absolute atomic E-state index is 15.4. The summed E-state index contributed by atoms with van der Waals surface area (Å²) in [5, 5.41) is 5.09. The van der Waals surface area contributed by atoms with Crippen molar-refractivity contribution in [1.29, 1.82) is 0 Å². The van der Waals surface area contributed by atoms with Crippen molar-refractivity contribution in [2.24, 2.45) is 5.92 Å². The molecule has 2 aliphatic heterocycles. The van der Waals surface area contributed by atoms with Gasteiger partial charge in [-0.25, -0.2) is 4.39 Å². The van der Waals surface area contributed by atoms with Gasteiger partial charge in [-0.1, -0.05) is 11.6 Å². The second kappa shape index (κ2) is 7.44. The number of ether oxygens (including phenoxy) is 1. The van der Waals surface area contributed by atoms with Crippen molar-refractivity contribution in [1.82, 2.24) is 15.6 Å². The van der Waals surface area contributed by atoms with Crippen LogP contribution in [0.25, 0.3) is 0 Å². The SMILES string of the molecule is FC(F)(F)C1=C(NCC2CCOCC2)NC(F)(c2ccncc2Cl)C=C1. The van der Waals surface area contributed by atoms with Crippen LogP contribution < -0.4 is 10.6 Å². The van der Waals surface area contributed by atoms with Crippen LogP contribution >= 0.6 is 11.6 Å². The number of dihydropyridines is 1. The monoisotopic (exact) mass is 391 g/mol. The molecule has 1 unspecified atom stereocenters. The number of rotatable bonds is 4. The molecule has 0 radical (unpaired) electrons. The fraction of sp³-hybridized carbons (Fsp3) is 0.471. The summed E-state index contributed by atoms with van der Waals surface area (Å²) in [5.74, 6) is -2.61. The fourth-order valence-corrected chi connectivity index (χ4v) is 3.23. The van der Waals surface area contributed by atoms with E-state index in [4.69, 9.17) is 16.3 Å². The van der Waals surface area contributed by atoms with E-state index in [1.165, 1.54) is 18.5 Å². The molecule has 1 saturated heterocycles. The van der Waals surface area contributed by atoms with Crippen LogP contribution in [0.5, 0.6) is 0 Å². The van der Waals surface area contributed by atoms with Gasteiger partial charge in [0.15, 0.2) is 0 Å². The summed E-state index contributed by atoms with van der Waals surface area (Å²) in [6.07, 6.45) is 0.992. The number of hydrogen-bond donors (Lipinski definition) is 2. The fourth-order valence-electron chi connectivity index (χ4n) is 2.97. The van der Waals surface area contributed by atoms with E-state index in [9.17, 15) is 13.2 Å². The molecule has 1 atom stereocenters. The molecule has 0 amide bonds. The van der Waals surface area contributed by atoms with Crippen LogP contribution in [-0.2, 0) is 10.5 Å². The number of allylic oxidation sites excluding steroid dienone is 2. The molecule has 9 heteroatoms. The Labute approximate surface area is 153 Å². The number of aromatic nitrogens is 1. The molecular formula is C17H18ClF4N3O. The molecule has 2 N–H and O–H groups in total. The highest BCUT2D eigenvalue weighted by molar-refractivity contribution is 6.31. The first-order valence-electron chi connectivity index (χ1n) is 8.19. The van der Waals surface area contributed by atoms with Gasteiger partial charge in [-0.3, -0.25) is 4.98 Å². The van der Waals surface area contributed by atoms with E-state index in [1.807, 2.05) is 0 Å². The average molecular weight is 392 g/mol. The summed E-state index contributed by atoms with van der Waals surface area (Å²) >= 11 is 5.97. The minimum Gasteiger partial charge on any atom is -0.381 e. The van der Waals surface area contributed by atoms with E-state index in [2.05, 4.69) is 15.6 Å². The minimum atomic E-state index is -4.62. The Morgan fingerprint density at radius 3 is 2.73 bits per heavy atom. The lowest BCUT2D eigenvalue weighted by molar-refractivity contribution is -0.0907. The molecule has 0 spiro atoms. The molecule has 4 nitrogen and oxygen atoms in total. The van der Waals surface area contributed by atoms with Crippen LogP contribution in [0.3, 0.4) is 0 Å². The maximum atomic E-state index is 15.4. The van der Waals surface area contributed by atoms with Crippen LogP contribution in [0.4, 0.5) is 17.6 Å². The number of alkyl halides is 4. The Balaban J connectivity index is 1.85. The Bertz CT molecular complexity index is 716. The van der Waals surface area contributed by atoms with Gasteiger partial charge in [-0.2, -0.15) is 13.2 Å². The quantitative estimate of drug-likeness (QED) is 0.605. The normalized spacial score (nSPS) is 24.5. The van der Waals surface area contributed by atoms with Gasteiger partial charge in [0.25, 0.3) is 0 Å². The van der Waals surface area contributed by atoms with Gasteiger partial charge in [0.1, 0.15) is 5.82 Å². The van der Waals surface area contributed by atoms with Crippen LogP contribution in [0.15, 0.2) is 42.0 Å². The van der Waals surface area contributed by atoms with Crippen molar-refractivity contribution >= 4 is 11.6 Å². The van der Waals surface area contributed by atoms with Crippen molar-refractivity contribution in [3.05, 3.63) is 52.6 Å². The van der Waals surface area contributed by atoms with Crippen LogP contribution in [-0.4, -0.2) is 30.9 Å². The van der Waals surface area contributed by atoms with Gasteiger partial charge in [-0.15, -0.1) is 0 Å². The molecule has 0 aliphatic carbocycles. The van der Waals surface area contributed by atoms with Crippen LogP contribution in [0.1, 0.15) is 18.4 Å². The third-order valence-corrected chi connectivity index (χ3v) is 4.74. The molecule has 0 saturated carbocycles. The van der Waals surface area contributed by atoms with Gasteiger partial charge in [0.2, 0.25) is 5.79 Å². The lowest BCUT2D eigenvalue weighted by Crippen LogP contribution is -2.46. The lowest BCUT2D eigenvalue weighted by atomic mass is 9.98. The summed E-state index contributed by atoms with van der Waals surface area (Å²) < 4.78 is 60.6. The number of hydrogen-bond acceptors (Lipinski definition) is 4. The first kappa shape index (κ1) is 19.0. The molecule has 0 aromatic carbocycles. The van der Waals surface area contributed by atoms with Crippen molar-refractivity contribution in [2.75, 3.05) is 19.8 Å². The highest BCUT2D eigenvalue weighted by Gasteiger charge is 2.42. The van der Waals surface area contributed by atoms with Crippen LogP contribution in [0, 0.1) is 5.92 Å². The van der Waals surface area contributed by atoms with Crippen LogP contribution in [0.2, 0.25) is 5.02 Å². The van der Waals surface area contributed by atoms with E-state index >= 15 is 4.39 Å². The van der Waals surface area contributed by atoms with Gasteiger partial charge in [0, 0.05) is 37.7 Å². The summed E-state index contributed by atoms with van der Waals surface area (Å²) in [4.78, 5) is 3.77. The third-order valence-electron chi connectivity index (χ3n) is 4.43. The Morgan fingerprint density at radius 1 is 1.35 bits per heavy atom. The zero-order valence-corrected chi connectivity index (χ0v) is 14.5. The first-order valence-corrected chi connectivity index (χ1v) is 8.57. The minimum absolute atomic E-state index is 0.00277. The predicted molar refractivity (Wildman–Crippen MR) is 88.9 cm³/mol. The second-order valence-electron chi connectivity index (χ2n) is 6.25. The number of nitrogens with one attached hydrogen (secondary N) is 2. The lowest BCUT2D eigenvalue weighted by Gasteiger charge is -2.33. The van der Waals surface area contributed by atoms with Crippen molar-refractivity contribution in [3.8, 4) is 0 Å². The Morgan fingerprint density at radius 2 is 2.08 bits per heavy atom. The van der Waals surface area contributed by atoms with E-state index in [-0.39, 0.29) is 16.5 Å². The zero-order valence-electron chi connectivity index (χ0n) is 13.7. The molecule has 142 valence electrons. The summed E-state index contributed by atoms with van der Waals surface area (Å²) in [5.41, 5.74) is -0.958. The van der Waals surface area contributed by atoms with Crippen molar-refractivity contribution < 1.29 is 22.3 Å². The predicted octanol–water partition coefficient (Wildman–Crippen LogP) is 3.81. The summed E-state index contributed by atoms with van der Waals surface area (Å²) in [6.45, 7) is 1.44. The number of pyridine rings is 1. The van der Waals surface area contributed by atoms with Gasteiger partial charge in [0.05, 0.1) is 10.6 Å². The Hall–Kier alpha value is -1.80. The molecular weight excluding hydrogens is 374 g/mol. The zero-order chi connectivity index (χ0) is 18.8. The molecule has 3 rings (SSSR count). The standard InChI is InChI=1S/C17H18ClF4N3O/c18-14-10-23-6-2-12(14)16(19)5-1-13(17(20,21)22)15(25-16)24-9-11-3-7-26-8-4-11/h1-2,5-6,10-11,24-25H,3-4,7-9H2. The molecule has 0 bridgehead atoms. The van der Waals surface area contributed by atoms with E-state index in [0.29, 0.717) is 19.8 Å². The maximum Gasteiger partial charge on any atom is 0.419 e. The number of nitrogens with zero attached hydrogens (tertiary/aromatic N) is 1. The van der Waals surface area contributed by atoms with Gasteiger partial charge in [-0.05, 0) is 37.0 Å².